The Morgan fingerprint density at radius 3 is 2.75 bits per heavy atom. The zero-order valence-corrected chi connectivity index (χ0v) is 18.3. The number of fused-ring (bicyclic) bond motifs is 1. The summed E-state index contributed by atoms with van der Waals surface area (Å²) in [5.74, 6) is -0.603. The minimum absolute atomic E-state index is 0.0332. The van der Waals surface area contributed by atoms with Crippen LogP contribution in [0.25, 0.3) is 5.52 Å². The lowest BCUT2D eigenvalue weighted by Crippen LogP contribution is -2.27. The highest BCUT2D eigenvalue weighted by molar-refractivity contribution is 5.90. The number of pyridine rings is 3. The van der Waals surface area contributed by atoms with Crippen molar-refractivity contribution in [1.82, 2.24) is 9.38 Å². The topological polar surface area (TPSA) is 63.9 Å². The van der Waals surface area contributed by atoms with Crippen molar-refractivity contribution in [2.24, 2.45) is 0 Å². The highest BCUT2D eigenvalue weighted by Gasteiger charge is 2.33. The minimum atomic E-state index is -0.659. The quantitative estimate of drug-likeness (QED) is 0.563. The fraction of sp³-hybridized carbons (Fsp3) is 0.400. The third-order valence-electron chi connectivity index (χ3n) is 6.57. The number of hydrogen-bond donors (Lipinski definition) is 0. The van der Waals surface area contributed by atoms with Gasteiger partial charge in [-0.3, -0.25) is 14.2 Å². The second-order valence-corrected chi connectivity index (χ2v) is 8.67. The molecule has 0 aromatic carbocycles. The Morgan fingerprint density at radius 1 is 1.25 bits per heavy atom. The molecule has 0 spiro atoms. The van der Waals surface area contributed by atoms with Gasteiger partial charge < -0.3 is 9.64 Å². The second kappa shape index (κ2) is 8.04. The van der Waals surface area contributed by atoms with Crippen molar-refractivity contribution in [2.75, 3.05) is 24.6 Å². The number of aromatic nitrogens is 2. The van der Waals surface area contributed by atoms with E-state index in [2.05, 4.69) is 9.88 Å². The molecule has 2 aliphatic rings. The fourth-order valence-corrected chi connectivity index (χ4v) is 4.91. The molecule has 2 fully saturated rings. The van der Waals surface area contributed by atoms with Gasteiger partial charge in [0, 0.05) is 30.9 Å². The highest BCUT2D eigenvalue weighted by atomic mass is 19.1. The first-order chi connectivity index (χ1) is 15.5. The largest absolute Gasteiger partial charge is 0.462 e. The van der Waals surface area contributed by atoms with Crippen molar-refractivity contribution >= 4 is 17.2 Å². The van der Waals surface area contributed by atoms with E-state index in [0.29, 0.717) is 17.7 Å². The van der Waals surface area contributed by atoms with Crippen LogP contribution in [0.15, 0.2) is 41.5 Å². The van der Waals surface area contributed by atoms with E-state index in [9.17, 15) is 9.59 Å². The number of halogens is 1. The standard InChI is InChI=1S/C25H26FN3O3/c1-3-32-25(31)19-12-18(16-7-8-16)22-15(2)23(20(26)14-29(22)24(19)30)28-11-9-17(13-28)21-6-4-5-10-27-21/h4-6,10,12,14,16-17H,3,7-9,11,13H2,1-2H3. The van der Waals surface area contributed by atoms with Crippen molar-refractivity contribution in [3.63, 3.8) is 0 Å². The molecule has 3 aromatic heterocycles. The van der Waals surface area contributed by atoms with Gasteiger partial charge in [0.25, 0.3) is 5.56 Å². The maximum atomic E-state index is 15.4. The summed E-state index contributed by atoms with van der Waals surface area (Å²) < 4.78 is 21.8. The number of anilines is 1. The maximum Gasteiger partial charge on any atom is 0.343 e. The molecule has 1 atom stereocenters. The number of rotatable bonds is 5. The molecule has 0 amide bonds. The van der Waals surface area contributed by atoms with Gasteiger partial charge in [0.2, 0.25) is 0 Å². The Balaban J connectivity index is 1.62. The SMILES string of the molecule is CCOC(=O)c1cc(C2CC2)c2c(C)c(N3CCC(c4ccccn4)C3)c(F)cn2c1=O. The zero-order valence-electron chi connectivity index (χ0n) is 18.3. The van der Waals surface area contributed by atoms with E-state index >= 15 is 4.39 Å². The Kier molecular flexibility index (Phi) is 5.19. The van der Waals surface area contributed by atoms with Gasteiger partial charge in [-0.1, -0.05) is 6.07 Å². The maximum absolute atomic E-state index is 15.4. The van der Waals surface area contributed by atoms with Crippen LogP contribution in [0.4, 0.5) is 10.1 Å². The zero-order chi connectivity index (χ0) is 22.4. The van der Waals surface area contributed by atoms with Crippen LogP contribution in [0, 0.1) is 12.7 Å². The number of ether oxygens (including phenoxy) is 1. The summed E-state index contributed by atoms with van der Waals surface area (Å²) in [6.07, 6.45) is 5.91. The van der Waals surface area contributed by atoms with Crippen molar-refractivity contribution < 1.29 is 13.9 Å². The predicted octanol–water partition coefficient (Wildman–Crippen LogP) is 4.19. The summed E-state index contributed by atoms with van der Waals surface area (Å²) in [6.45, 7) is 5.15. The van der Waals surface area contributed by atoms with Crippen molar-refractivity contribution in [2.45, 2.75) is 44.9 Å². The first-order valence-corrected chi connectivity index (χ1v) is 11.2. The molecule has 5 rings (SSSR count). The molecule has 1 saturated heterocycles. The summed E-state index contributed by atoms with van der Waals surface area (Å²) in [5, 5.41) is 0. The molecule has 166 valence electrons. The number of nitrogens with zero attached hydrogens (tertiary/aromatic N) is 3. The molecule has 1 aliphatic heterocycles. The van der Waals surface area contributed by atoms with E-state index in [1.165, 1.54) is 10.6 Å². The number of aryl methyl sites for hydroxylation is 1. The van der Waals surface area contributed by atoms with Crippen LogP contribution in [0.3, 0.4) is 0 Å². The molecule has 1 saturated carbocycles. The molecule has 7 heteroatoms. The Hall–Kier alpha value is -3.22. The van der Waals surface area contributed by atoms with Gasteiger partial charge in [0.05, 0.1) is 24.0 Å². The van der Waals surface area contributed by atoms with E-state index in [0.717, 1.165) is 42.6 Å². The molecule has 32 heavy (non-hydrogen) atoms. The number of carbonyl (C=O) groups excluding carboxylic acids is 1. The Morgan fingerprint density at radius 2 is 2.06 bits per heavy atom. The average Bonchev–Trinajstić information content (AvgIpc) is 3.52. The Labute approximate surface area is 185 Å². The van der Waals surface area contributed by atoms with Crippen LogP contribution in [0.2, 0.25) is 0 Å². The Bertz CT molecular complexity index is 1250. The lowest BCUT2D eigenvalue weighted by atomic mass is 10.0. The predicted molar refractivity (Wildman–Crippen MR) is 120 cm³/mol. The first kappa shape index (κ1) is 20.7. The number of carbonyl (C=O) groups is 1. The number of esters is 1. The van der Waals surface area contributed by atoms with E-state index in [4.69, 9.17) is 4.74 Å². The molecule has 3 aromatic rings. The molecule has 0 N–H and O–H groups in total. The summed E-state index contributed by atoms with van der Waals surface area (Å²) in [5.41, 5.74) is 3.35. The van der Waals surface area contributed by atoms with Crippen LogP contribution < -0.4 is 10.5 Å². The smallest absolute Gasteiger partial charge is 0.343 e. The normalized spacial score (nSPS) is 18.3. The highest BCUT2D eigenvalue weighted by Crippen LogP contribution is 2.44. The van der Waals surface area contributed by atoms with Crippen LogP contribution in [-0.2, 0) is 4.74 Å². The van der Waals surface area contributed by atoms with Crippen LogP contribution in [0.1, 0.15) is 65.2 Å². The molecular formula is C25H26FN3O3. The molecule has 0 radical (unpaired) electrons. The lowest BCUT2D eigenvalue weighted by Gasteiger charge is -2.24. The van der Waals surface area contributed by atoms with Gasteiger partial charge in [-0.25, -0.2) is 9.18 Å². The van der Waals surface area contributed by atoms with E-state index in [1.54, 1.807) is 19.2 Å². The average molecular weight is 435 g/mol. The van der Waals surface area contributed by atoms with Gasteiger partial charge in [-0.15, -0.1) is 0 Å². The lowest BCUT2D eigenvalue weighted by molar-refractivity contribution is 0.0524. The van der Waals surface area contributed by atoms with Gasteiger partial charge in [-0.2, -0.15) is 0 Å². The van der Waals surface area contributed by atoms with E-state index in [-0.39, 0.29) is 24.0 Å². The van der Waals surface area contributed by atoms with Gasteiger partial charge >= 0.3 is 5.97 Å². The minimum Gasteiger partial charge on any atom is -0.462 e. The monoisotopic (exact) mass is 435 g/mol. The van der Waals surface area contributed by atoms with Gasteiger partial charge in [0.15, 0.2) is 5.82 Å². The summed E-state index contributed by atoms with van der Waals surface area (Å²) in [7, 11) is 0. The third-order valence-corrected chi connectivity index (χ3v) is 6.57. The fourth-order valence-electron chi connectivity index (χ4n) is 4.91. The summed E-state index contributed by atoms with van der Waals surface area (Å²) >= 11 is 0. The molecule has 0 bridgehead atoms. The summed E-state index contributed by atoms with van der Waals surface area (Å²) in [6, 6.07) is 7.55. The van der Waals surface area contributed by atoms with Crippen molar-refractivity contribution in [1.29, 1.82) is 0 Å². The molecule has 1 aliphatic carbocycles. The van der Waals surface area contributed by atoms with Crippen molar-refractivity contribution in [3.05, 3.63) is 75.2 Å². The molecule has 6 nitrogen and oxygen atoms in total. The summed E-state index contributed by atoms with van der Waals surface area (Å²) in [4.78, 5) is 32.0. The van der Waals surface area contributed by atoms with Crippen LogP contribution in [-0.4, -0.2) is 35.1 Å². The van der Waals surface area contributed by atoms with Crippen molar-refractivity contribution in [3.8, 4) is 0 Å². The first-order valence-electron chi connectivity index (χ1n) is 11.2. The van der Waals surface area contributed by atoms with E-state index in [1.807, 2.05) is 25.1 Å². The van der Waals surface area contributed by atoms with Crippen LogP contribution >= 0.6 is 0 Å². The second-order valence-electron chi connectivity index (χ2n) is 8.67. The van der Waals surface area contributed by atoms with Gasteiger partial charge in [-0.05, 0) is 68.4 Å². The van der Waals surface area contributed by atoms with Crippen LogP contribution in [0.5, 0.6) is 0 Å². The third kappa shape index (κ3) is 3.45. The van der Waals surface area contributed by atoms with Gasteiger partial charge in [0.1, 0.15) is 5.56 Å². The molecule has 4 heterocycles. The van der Waals surface area contributed by atoms with E-state index < -0.39 is 17.3 Å². The molecule has 1 unspecified atom stereocenters. The number of hydrogen-bond acceptors (Lipinski definition) is 5. The molecular weight excluding hydrogens is 409 g/mol.